The molecule has 6 heteroatoms. The highest BCUT2D eigenvalue weighted by molar-refractivity contribution is 6.36. The Morgan fingerprint density at radius 2 is 2.15 bits per heavy atom. The number of hydrogen-bond donors (Lipinski definition) is 1. The number of phenols is 1. The fourth-order valence-electron chi connectivity index (χ4n) is 2.58. The molecule has 0 bridgehead atoms. The second-order valence-electron chi connectivity index (χ2n) is 5.40. The lowest BCUT2D eigenvalue weighted by Crippen LogP contribution is -2.27. The number of carbonyl (C=O) groups is 1. The average Bonchev–Trinajstić information content (AvgIpc) is 2.68. The third-order valence-electron chi connectivity index (χ3n) is 3.58. The molecule has 20 heavy (non-hydrogen) atoms. The van der Waals surface area contributed by atoms with Crippen molar-refractivity contribution in [2.24, 2.45) is 5.92 Å². The SMILES string of the molecule is CN(Cc1c(Cl)ccc(O)c1Cl)C[C@@H]1CC(=O)N(C)C1. The van der Waals surface area contributed by atoms with E-state index in [1.54, 1.807) is 11.0 Å². The predicted octanol–water partition coefficient (Wildman–Crippen LogP) is 2.61. The molecule has 0 spiro atoms. The van der Waals surface area contributed by atoms with E-state index in [1.165, 1.54) is 6.07 Å². The highest BCUT2D eigenvalue weighted by Gasteiger charge is 2.27. The van der Waals surface area contributed by atoms with Gasteiger partial charge in [-0.15, -0.1) is 0 Å². The zero-order valence-electron chi connectivity index (χ0n) is 11.6. The van der Waals surface area contributed by atoms with Crippen molar-refractivity contribution in [3.8, 4) is 5.75 Å². The molecule has 0 unspecified atom stereocenters. The van der Waals surface area contributed by atoms with Crippen molar-refractivity contribution in [3.63, 3.8) is 0 Å². The number of phenolic OH excluding ortho intramolecular Hbond substituents is 1. The number of benzene rings is 1. The van der Waals surface area contributed by atoms with Gasteiger partial charge in [-0.25, -0.2) is 0 Å². The summed E-state index contributed by atoms with van der Waals surface area (Å²) in [5.74, 6) is 0.555. The van der Waals surface area contributed by atoms with Gasteiger partial charge in [0.2, 0.25) is 5.91 Å². The summed E-state index contributed by atoms with van der Waals surface area (Å²) in [6.45, 7) is 2.11. The molecule has 1 aliphatic heterocycles. The Labute approximate surface area is 128 Å². The molecule has 1 aromatic carbocycles. The van der Waals surface area contributed by atoms with Gasteiger partial charge in [-0.1, -0.05) is 23.2 Å². The summed E-state index contributed by atoms with van der Waals surface area (Å²) in [5, 5.41) is 10.5. The van der Waals surface area contributed by atoms with Gasteiger partial charge in [0.1, 0.15) is 5.75 Å². The molecule has 0 radical (unpaired) electrons. The molecule has 110 valence electrons. The molecule has 1 aliphatic rings. The highest BCUT2D eigenvalue weighted by Crippen LogP contribution is 2.33. The van der Waals surface area contributed by atoms with Gasteiger partial charge in [0.15, 0.2) is 0 Å². The number of nitrogens with zero attached hydrogens (tertiary/aromatic N) is 2. The molecule has 1 aromatic rings. The summed E-state index contributed by atoms with van der Waals surface area (Å²) in [5.41, 5.74) is 0.716. The fourth-order valence-corrected chi connectivity index (χ4v) is 3.07. The normalized spacial score (nSPS) is 19.1. The topological polar surface area (TPSA) is 43.8 Å². The lowest BCUT2D eigenvalue weighted by molar-refractivity contribution is -0.126. The minimum Gasteiger partial charge on any atom is -0.506 e. The van der Waals surface area contributed by atoms with Crippen molar-refractivity contribution < 1.29 is 9.90 Å². The number of amides is 1. The molecular formula is C14H18Cl2N2O2. The Morgan fingerprint density at radius 3 is 2.75 bits per heavy atom. The third kappa shape index (κ3) is 3.37. The van der Waals surface area contributed by atoms with Crippen LogP contribution >= 0.6 is 23.2 Å². The number of aromatic hydroxyl groups is 1. The van der Waals surface area contributed by atoms with E-state index in [1.807, 2.05) is 14.1 Å². The first kappa shape index (κ1) is 15.4. The number of carbonyl (C=O) groups excluding carboxylic acids is 1. The summed E-state index contributed by atoms with van der Waals surface area (Å²) in [4.78, 5) is 15.3. The van der Waals surface area contributed by atoms with Gasteiger partial charge < -0.3 is 14.9 Å². The molecule has 0 saturated carbocycles. The molecule has 1 amide bonds. The number of hydrogen-bond acceptors (Lipinski definition) is 3. The molecule has 1 N–H and O–H groups in total. The Kier molecular flexibility index (Phi) is 4.78. The van der Waals surface area contributed by atoms with Crippen LogP contribution in [0.1, 0.15) is 12.0 Å². The van der Waals surface area contributed by atoms with Gasteiger partial charge in [0.05, 0.1) is 5.02 Å². The number of halogens is 2. The van der Waals surface area contributed by atoms with E-state index < -0.39 is 0 Å². The predicted molar refractivity (Wildman–Crippen MR) is 80.2 cm³/mol. The van der Waals surface area contributed by atoms with E-state index in [-0.39, 0.29) is 11.7 Å². The molecule has 1 heterocycles. The summed E-state index contributed by atoms with van der Waals surface area (Å²) in [6.07, 6.45) is 0.586. The van der Waals surface area contributed by atoms with E-state index >= 15 is 0 Å². The Balaban J connectivity index is 2.00. The molecule has 1 saturated heterocycles. The van der Waals surface area contributed by atoms with Gasteiger partial charge in [-0.05, 0) is 25.1 Å². The van der Waals surface area contributed by atoms with Crippen LogP contribution in [0.4, 0.5) is 0 Å². The average molecular weight is 317 g/mol. The second-order valence-corrected chi connectivity index (χ2v) is 6.19. The Bertz CT molecular complexity index is 522. The van der Waals surface area contributed by atoms with E-state index in [9.17, 15) is 9.90 Å². The third-order valence-corrected chi connectivity index (χ3v) is 4.36. The molecule has 4 nitrogen and oxygen atoms in total. The van der Waals surface area contributed by atoms with Crippen molar-refractivity contribution >= 4 is 29.1 Å². The van der Waals surface area contributed by atoms with Crippen molar-refractivity contribution in [1.29, 1.82) is 0 Å². The van der Waals surface area contributed by atoms with Crippen molar-refractivity contribution in [2.75, 3.05) is 27.2 Å². The van der Waals surface area contributed by atoms with Crippen LogP contribution in [0.15, 0.2) is 12.1 Å². The largest absolute Gasteiger partial charge is 0.506 e. The van der Waals surface area contributed by atoms with Gasteiger partial charge in [-0.3, -0.25) is 4.79 Å². The number of rotatable bonds is 4. The molecule has 2 rings (SSSR count). The molecule has 0 aliphatic carbocycles. The zero-order chi connectivity index (χ0) is 14.9. The second kappa shape index (κ2) is 6.20. The molecule has 0 aromatic heterocycles. The lowest BCUT2D eigenvalue weighted by Gasteiger charge is -2.21. The number of likely N-dealkylation sites (tertiary alicyclic amines) is 1. The van der Waals surface area contributed by atoms with Crippen LogP contribution in [-0.4, -0.2) is 48.0 Å². The minimum absolute atomic E-state index is 0.0373. The Hall–Kier alpha value is -0.970. The van der Waals surface area contributed by atoms with Crippen LogP contribution in [-0.2, 0) is 11.3 Å². The van der Waals surface area contributed by atoms with Crippen LogP contribution in [0, 0.1) is 5.92 Å². The van der Waals surface area contributed by atoms with E-state index in [2.05, 4.69) is 4.90 Å². The summed E-state index contributed by atoms with van der Waals surface area (Å²) >= 11 is 12.2. The fraction of sp³-hybridized carbons (Fsp3) is 0.500. The van der Waals surface area contributed by atoms with Crippen molar-refractivity contribution in [3.05, 3.63) is 27.7 Å². The smallest absolute Gasteiger partial charge is 0.222 e. The summed E-state index contributed by atoms with van der Waals surface area (Å²) in [7, 11) is 3.78. The maximum Gasteiger partial charge on any atom is 0.222 e. The first-order chi connectivity index (χ1) is 9.38. The molecule has 1 atom stereocenters. The summed E-state index contributed by atoms with van der Waals surface area (Å²) < 4.78 is 0. The van der Waals surface area contributed by atoms with Gasteiger partial charge in [0, 0.05) is 43.7 Å². The minimum atomic E-state index is 0.0373. The summed E-state index contributed by atoms with van der Waals surface area (Å²) in [6, 6.07) is 3.12. The van der Waals surface area contributed by atoms with Crippen LogP contribution in [0.25, 0.3) is 0 Å². The molecule has 1 fully saturated rings. The van der Waals surface area contributed by atoms with Gasteiger partial charge >= 0.3 is 0 Å². The quantitative estimate of drug-likeness (QED) is 0.928. The molecular weight excluding hydrogens is 299 g/mol. The van der Waals surface area contributed by atoms with Crippen LogP contribution in [0.3, 0.4) is 0 Å². The van der Waals surface area contributed by atoms with E-state index in [0.717, 1.165) is 13.1 Å². The zero-order valence-corrected chi connectivity index (χ0v) is 13.1. The highest BCUT2D eigenvalue weighted by atomic mass is 35.5. The van der Waals surface area contributed by atoms with Crippen LogP contribution in [0.5, 0.6) is 5.75 Å². The van der Waals surface area contributed by atoms with Gasteiger partial charge in [-0.2, -0.15) is 0 Å². The maximum atomic E-state index is 11.5. The van der Waals surface area contributed by atoms with Crippen LogP contribution < -0.4 is 0 Å². The van der Waals surface area contributed by atoms with Gasteiger partial charge in [0.25, 0.3) is 0 Å². The lowest BCUT2D eigenvalue weighted by atomic mass is 10.1. The first-order valence-electron chi connectivity index (χ1n) is 6.46. The monoisotopic (exact) mass is 316 g/mol. The first-order valence-corrected chi connectivity index (χ1v) is 7.22. The van der Waals surface area contributed by atoms with E-state index in [0.29, 0.717) is 34.5 Å². The van der Waals surface area contributed by atoms with Crippen molar-refractivity contribution in [2.45, 2.75) is 13.0 Å². The standard InChI is InChI=1S/C14H18Cl2N2O2/c1-17(6-9-5-13(20)18(2)7-9)8-10-11(15)3-4-12(19)14(10)16/h3-4,9,19H,5-8H2,1-2H3/t9-/m0/s1. The van der Waals surface area contributed by atoms with E-state index in [4.69, 9.17) is 23.2 Å². The van der Waals surface area contributed by atoms with Crippen LogP contribution in [0.2, 0.25) is 10.0 Å². The Morgan fingerprint density at radius 1 is 1.45 bits per heavy atom. The maximum absolute atomic E-state index is 11.5. The van der Waals surface area contributed by atoms with Crippen molar-refractivity contribution in [1.82, 2.24) is 9.80 Å².